The fourth-order valence-electron chi connectivity index (χ4n) is 3.83. The molecule has 0 saturated heterocycles. The predicted octanol–water partition coefficient (Wildman–Crippen LogP) is 3.44. The third-order valence-electron chi connectivity index (χ3n) is 5.41. The average Bonchev–Trinajstić information content (AvgIpc) is 3.19. The quantitative estimate of drug-likeness (QED) is 0.581. The number of carbonyl (C=O) groups excluding carboxylic acids is 1. The van der Waals surface area contributed by atoms with Crippen LogP contribution in [-0.4, -0.2) is 42.7 Å². The summed E-state index contributed by atoms with van der Waals surface area (Å²) in [6.45, 7) is 6.76. The maximum atomic E-state index is 12.9. The molecule has 0 spiro atoms. The molecule has 1 amide bonds. The van der Waals surface area contributed by atoms with E-state index < -0.39 is 6.09 Å². The van der Waals surface area contributed by atoms with Gasteiger partial charge in [-0.3, -0.25) is 9.83 Å². The second kappa shape index (κ2) is 7.67. The molecule has 0 atom stereocenters. The van der Waals surface area contributed by atoms with Gasteiger partial charge in [0, 0.05) is 36.8 Å². The Labute approximate surface area is 175 Å². The van der Waals surface area contributed by atoms with Crippen molar-refractivity contribution in [3.05, 3.63) is 64.9 Å². The van der Waals surface area contributed by atoms with Gasteiger partial charge in [0.15, 0.2) is 0 Å². The molecule has 0 N–H and O–H groups in total. The number of aliphatic imine (C=N–C) groups is 1. The first-order valence-corrected chi connectivity index (χ1v) is 9.95. The van der Waals surface area contributed by atoms with Crippen molar-refractivity contribution in [3.8, 4) is 0 Å². The number of hydrogen-bond acceptors (Lipinski definition) is 6. The average molecular weight is 403 g/mol. The number of para-hydroxylation sites is 1. The third-order valence-corrected chi connectivity index (χ3v) is 5.41. The Balaban J connectivity index is 1.87. The molecule has 0 saturated carbocycles. The standard InChI is InChI=1S/C23H24N4O3/c1-5-27(6-2)23(29)30-25-20-16-9-7-8-10-18(16)26(4)21(20)19-15-12-11-14(3)13-17(15)24-22(19)28/h7-13H,5-6H2,1-4H3,(H,24,28)/p-1/b21-19-,25-20-. The molecule has 4 rings (SSSR count). The summed E-state index contributed by atoms with van der Waals surface area (Å²) in [4.78, 5) is 25.3. The van der Waals surface area contributed by atoms with Gasteiger partial charge in [0.25, 0.3) is 0 Å². The van der Waals surface area contributed by atoms with E-state index in [0.717, 1.165) is 22.4 Å². The molecule has 0 bridgehead atoms. The van der Waals surface area contributed by atoms with Gasteiger partial charge in [0.05, 0.1) is 17.1 Å². The van der Waals surface area contributed by atoms with Crippen LogP contribution < -0.4 is 10.0 Å². The van der Waals surface area contributed by atoms with Gasteiger partial charge < -0.3 is 14.9 Å². The number of likely N-dealkylation sites (N-methyl/N-ethyl adjacent to an activating group) is 1. The zero-order chi connectivity index (χ0) is 21.4. The van der Waals surface area contributed by atoms with Crippen LogP contribution in [0.1, 0.15) is 30.5 Å². The van der Waals surface area contributed by atoms with E-state index >= 15 is 0 Å². The SMILES string of the molecule is CCN(CC)C(=O)O/N=C1\C(=C2\C([O-])=Nc3cc(C)ccc32)N(C)c2ccccc21. The zero-order valence-electron chi connectivity index (χ0n) is 17.5. The van der Waals surface area contributed by atoms with Crippen molar-refractivity contribution in [1.29, 1.82) is 0 Å². The van der Waals surface area contributed by atoms with Crippen molar-refractivity contribution in [3.63, 3.8) is 0 Å². The van der Waals surface area contributed by atoms with E-state index in [1.54, 1.807) is 0 Å². The first-order valence-electron chi connectivity index (χ1n) is 9.95. The molecular weight excluding hydrogens is 380 g/mol. The van der Waals surface area contributed by atoms with Crippen LogP contribution in [-0.2, 0) is 4.84 Å². The van der Waals surface area contributed by atoms with Crippen LogP contribution in [0.5, 0.6) is 0 Å². The molecule has 7 heteroatoms. The number of benzene rings is 2. The van der Waals surface area contributed by atoms with Gasteiger partial charge in [0.1, 0.15) is 5.71 Å². The van der Waals surface area contributed by atoms with Crippen molar-refractivity contribution in [2.24, 2.45) is 10.1 Å². The van der Waals surface area contributed by atoms with Crippen LogP contribution in [0.25, 0.3) is 5.57 Å². The number of hydrogen-bond donors (Lipinski definition) is 0. The summed E-state index contributed by atoms with van der Waals surface area (Å²) in [6.07, 6.45) is -0.526. The predicted molar refractivity (Wildman–Crippen MR) is 116 cm³/mol. The first kappa shape index (κ1) is 19.7. The lowest BCUT2D eigenvalue weighted by Crippen LogP contribution is -2.30. The Kier molecular flexibility index (Phi) is 5.03. The number of carbonyl (C=O) groups is 1. The number of rotatable bonds is 3. The number of fused-ring (bicyclic) bond motifs is 2. The second-order valence-corrected chi connectivity index (χ2v) is 7.21. The highest BCUT2D eigenvalue weighted by atomic mass is 16.7. The van der Waals surface area contributed by atoms with E-state index in [9.17, 15) is 9.90 Å². The highest BCUT2D eigenvalue weighted by molar-refractivity contribution is 6.35. The normalized spacial score (nSPS) is 18.3. The number of anilines is 1. The molecule has 0 unspecified atom stereocenters. The van der Waals surface area contributed by atoms with Gasteiger partial charge in [-0.1, -0.05) is 35.5 Å². The second-order valence-electron chi connectivity index (χ2n) is 7.21. The number of nitrogens with zero attached hydrogens (tertiary/aromatic N) is 4. The van der Waals surface area contributed by atoms with Gasteiger partial charge in [-0.15, -0.1) is 0 Å². The summed E-state index contributed by atoms with van der Waals surface area (Å²) in [5.41, 5.74) is 5.59. The maximum absolute atomic E-state index is 12.9. The molecule has 2 heterocycles. The monoisotopic (exact) mass is 403 g/mol. The van der Waals surface area contributed by atoms with Gasteiger partial charge in [-0.05, 0) is 44.4 Å². The van der Waals surface area contributed by atoms with E-state index in [0.29, 0.717) is 35.8 Å². The van der Waals surface area contributed by atoms with E-state index in [1.807, 2.05) is 75.2 Å². The minimum Gasteiger partial charge on any atom is -0.858 e. The van der Waals surface area contributed by atoms with E-state index in [1.165, 1.54) is 4.90 Å². The van der Waals surface area contributed by atoms with Crippen LogP contribution in [0.4, 0.5) is 16.2 Å². The van der Waals surface area contributed by atoms with Crippen LogP contribution >= 0.6 is 0 Å². The molecule has 2 aliphatic heterocycles. The highest BCUT2D eigenvalue weighted by Crippen LogP contribution is 2.42. The van der Waals surface area contributed by atoms with E-state index in [4.69, 9.17) is 4.84 Å². The molecule has 2 aliphatic rings. The Hall–Kier alpha value is -3.61. The summed E-state index contributed by atoms with van der Waals surface area (Å²) in [5, 5.41) is 17.1. The Bertz CT molecular complexity index is 1110. The van der Waals surface area contributed by atoms with Crippen molar-refractivity contribution >= 4 is 34.7 Å². The number of amides is 1. The Morgan fingerprint density at radius 1 is 1.17 bits per heavy atom. The molecule has 0 fully saturated rings. The van der Waals surface area contributed by atoms with Crippen molar-refractivity contribution < 1.29 is 14.7 Å². The van der Waals surface area contributed by atoms with Crippen LogP contribution in [0, 0.1) is 6.92 Å². The van der Waals surface area contributed by atoms with E-state index in [2.05, 4.69) is 10.1 Å². The molecule has 2 aromatic rings. The molecule has 30 heavy (non-hydrogen) atoms. The lowest BCUT2D eigenvalue weighted by molar-refractivity contribution is -0.210. The summed E-state index contributed by atoms with van der Waals surface area (Å²) in [5.74, 6) is -0.326. The number of oxime groups is 1. The molecule has 0 aromatic heterocycles. The molecule has 7 nitrogen and oxygen atoms in total. The Morgan fingerprint density at radius 2 is 1.90 bits per heavy atom. The van der Waals surface area contributed by atoms with Crippen molar-refractivity contribution in [2.75, 3.05) is 25.0 Å². The molecule has 2 aromatic carbocycles. The molecular formula is C23H23N4O3-. The Morgan fingerprint density at radius 3 is 2.63 bits per heavy atom. The fourth-order valence-corrected chi connectivity index (χ4v) is 3.83. The largest absolute Gasteiger partial charge is 0.858 e. The van der Waals surface area contributed by atoms with Gasteiger partial charge >= 0.3 is 6.09 Å². The van der Waals surface area contributed by atoms with Gasteiger partial charge in [-0.25, -0.2) is 4.79 Å². The summed E-state index contributed by atoms with van der Waals surface area (Å²) in [6, 6.07) is 13.4. The lowest BCUT2D eigenvalue weighted by atomic mass is 10.00. The minimum atomic E-state index is -0.526. The van der Waals surface area contributed by atoms with Gasteiger partial charge in [-0.2, -0.15) is 0 Å². The summed E-state index contributed by atoms with van der Waals surface area (Å²) < 4.78 is 0. The van der Waals surface area contributed by atoms with Crippen LogP contribution in [0.3, 0.4) is 0 Å². The summed E-state index contributed by atoms with van der Waals surface area (Å²) >= 11 is 0. The van der Waals surface area contributed by atoms with E-state index in [-0.39, 0.29) is 5.90 Å². The first-order chi connectivity index (χ1) is 14.5. The third kappa shape index (κ3) is 3.12. The summed E-state index contributed by atoms with van der Waals surface area (Å²) in [7, 11) is 1.87. The molecule has 154 valence electrons. The topological polar surface area (TPSA) is 80.6 Å². The van der Waals surface area contributed by atoms with Crippen LogP contribution in [0.15, 0.2) is 58.3 Å². The minimum absolute atomic E-state index is 0.326. The fraction of sp³-hybridized carbons (Fsp3) is 0.261. The van der Waals surface area contributed by atoms with Gasteiger partial charge in [0.2, 0.25) is 0 Å². The number of aryl methyl sites for hydroxylation is 1. The van der Waals surface area contributed by atoms with Crippen LogP contribution in [0.2, 0.25) is 0 Å². The smallest absolute Gasteiger partial charge is 0.435 e. The number of allylic oxidation sites excluding steroid dienone is 1. The van der Waals surface area contributed by atoms with Crippen molar-refractivity contribution in [1.82, 2.24) is 4.90 Å². The van der Waals surface area contributed by atoms with Crippen molar-refractivity contribution in [2.45, 2.75) is 20.8 Å². The molecule has 0 radical (unpaired) electrons. The molecule has 0 aliphatic carbocycles. The highest BCUT2D eigenvalue weighted by Gasteiger charge is 2.34. The zero-order valence-corrected chi connectivity index (χ0v) is 17.5. The lowest BCUT2D eigenvalue weighted by Gasteiger charge is -2.20. The maximum Gasteiger partial charge on any atom is 0.435 e.